The second-order valence-corrected chi connectivity index (χ2v) is 3.46. The molecule has 0 aliphatic carbocycles. The molecule has 0 bridgehead atoms. The van der Waals surface area contributed by atoms with Crippen molar-refractivity contribution >= 4 is 11.9 Å². The van der Waals surface area contributed by atoms with Gasteiger partial charge < -0.3 is 15.6 Å². The first kappa shape index (κ1) is 14.9. The number of aliphatic carboxylic acids is 1. The quantitative estimate of drug-likeness (QED) is 0.497. The topological polar surface area (TPSA) is 102 Å². The standard InChI is InChI=1S/C10H20N2O4/c1-3-16-10(15)8(5-4-6-11)12-7(2)9(13)14/h7-8,12H,3-6,11H2,1-2H3,(H,13,14)/t7-,8-/m0/s1. The van der Waals surface area contributed by atoms with Gasteiger partial charge >= 0.3 is 11.9 Å². The zero-order chi connectivity index (χ0) is 12.6. The normalized spacial score (nSPS) is 14.2. The molecule has 16 heavy (non-hydrogen) atoms. The van der Waals surface area contributed by atoms with Crippen LogP contribution in [0.5, 0.6) is 0 Å². The molecule has 6 heteroatoms. The summed E-state index contributed by atoms with van der Waals surface area (Å²) < 4.78 is 4.85. The minimum atomic E-state index is -0.998. The van der Waals surface area contributed by atoms with E-state index in [0.29, 0.717) is 19.4 Å². The molecule has 0 aromatic rings. The highest BCUT2D eigenvalue weighted by Crippen LogP contribution is 2.01. The van der Waals surface area contributed by atoms with Crippen molar-refractivity contribution < 1.29 is 19.4 Å². The molecule has 0 saturated heterocycles. The fourth-order valence-corrected chi connectivity index (χ4v) is 1.21. The summed E-state index contributed by atoms with van der Waals surface area (Å²) in [5, 5.41) is 11.4. The minimum Gasteiger partial charge on any atom is -0.480 e. The Hall–Kier alpha value is -1.14. The minimum absolute atomic E-state index is 0.279. The molecule has 0 aliphatic rings. The summed E-state index contributed by atoms with van der Waals surface area (Å²) in [4.78, 5) is 22.1. The van der Waals surface area contributed by atoms with Crippen LogP contribution in [0.4, 0.5) is 0 Å². The molecule has 2 atom stereocenters. The van der Waals surface area contributed by atoms with E-state index >= 15 is 0 Å². The summed E-state index contributed by atoms with van der Waals surface area (Å²) in [5.41, 5.74) is 5.35. The first-order valence-electron chi connectivity index (χ1n) is 5.38. The third-order valence-corrected chi connectivity index (χ3v) is 2.09. The number of esters is 1. The van der Waals surface area contributed by atoms with Crippen LogP contribution in [-0.2, 0) is 14.3 Å². The highest BCUT2D eigenvalue weighted by Gasteiger charge is 2.23. The van der Waals surface area contributed by atoms with Crippen molar-refractivity contribution in [2.45, 2.75) is 38.8 Å². The molecule has 0 aliphatic heterocycles. The lowest BCUT2D eigenvalue weighted by Gasteiger charge is -2.19. The average Bonchev–Trinajstić information content (AvgIpc) is 2.23. The molecule has 0 aromatic heterocycles. The fraction of sp³-hybridized carbons (Fsp3) is 0.800. The highest BCUT2D eigenvalue weighted by molar-refractivity contribution is 5.78. The van der Waals surface area contributed by atoms with E-state index in [1.54, 1.807) is 6.92 Å². The molecule has 0 radical (unpaired) electrons. The molecule has 6 nitrogen and oxygen atoms in total. The van der Waals surface area contributed by atoms with E-state index in [4.69, 9.17) is 15.6 Å². The van der Waals surface area contributed by atoms with Gasteiger partial charge in [0, 0.05) is 0 Å². The molecule has 0 spiro atoms. The molecule has 94 valence electrons. The van der Waals surface area contributed by atoms with E-state index in [-0.39, 0.29) is 6.61 Å². The third-order valence-electron chi connectivity index (χ3n) is 2.09. The first-order valence-corrected chi connectivity index (χ1v) is 5.38. The Balaban J connectivity index is 4.29. The van der Waals surface area contributed by atoms with Crippen LogP contribution in [-0.4, -0.2) is 42.3 Å². The number of carbonyl (C=O) groups excluding carboxylic acids is 1. The average molecular weight is 232 g/mol. The molecule has 0 amide bonds. The number of hydrogen-bond donors (Lipinski definition) is 3. The van der Waals surface area contributed by atoms with Crippen molar-refractivity contribution in [2.24, 2.45) is 5.73 Å². The number of carboxylic acids is 1. The van der Waals surface area contributed by atoms with Crippen LogP contribution in [0.3, 0.4) is 0 Å². The second-order valence-electron chi connectivity index (χ2n) is 3.46. The monoisotopic (exact) mass is 232 g/mol. The Morgan fingerprint density at radius 1 is 1.50 bits per heavy atom. The van der Waals surface area contributed by atoms with E-state index in [1.807, 2.05) is 0 Å². The summed E-state index contributed by atoms with van der Waals surface area (Å²) in [6.07, 6.45) is 1.12. The molecule has 0 saturated carbocycles. The van der Waals surface area contributed by atoms with Crippen molar-refractivity contribution in [2.75, 3.05) is 13.2 Å². The number of rotatable bonds is 8. The van der Waals surface area contributed by atoms with Crippen LogP contribution in [0.15, 0.2) is 0 Å². The van der Waals surface area contributed by atoms with Gasteiger partial charge in [0.1, 0.15) is 12.1 Å². The SMILES string of the molecule is CCOC(=O)[C@H](CCCN)N[C@@H](C)C(=O)O. The Bertz CT molecular complexity index is 233. The van der Waals surface area contributed by atoms with Crippen molar-refractivity contribution in [3.63, 3.8) is 0 Å². The number of carboxylic acid groups (broad SMARTS) is 1. The Morgan fingerprint density at radius 3 is 2.56 bits per heavy atom. The molecule has 0 aromatic carbocycles. The summed E-state index contributed by atoms with van der Waals surface area (Å²) in [5.74, 6) is -1.42. The largest absolute Gasteiger partial charge is 0.480 e. The van der Waals surface area contributed by atoms with Gasteiger partial charge in [-0.2, -0.15) is 0 Å². The number of ether oxygens (including phenoxy) is 1. The zero-order valence-corrected chi connectivity index (χ0v) is 9.73. The van der Waals surface area contributed by atoms with Gasteiger partial charge in [0.2, 0.25) is 0 Å². The van der Waals surface area contributed by atoms with Crippen molar-refractivity contribution in [1.82, 2.24) is 5.32 Å². The van der Waals surface area contributed by atoms with Crippen LogP contribution < -0.4 is 11.1 Å². The van der Waals surface area contributed by atoms with Crippen molar-refractivity contribution in [1.29, 1.82) is 0 Å². The lowest BCUT2D eigenvalue weighted by molar-refractivity contribution is -0.147. The number of carbonyl (C=O) groups is 2. The molecule has 0 rings (SSSR count). The van der Waals surface area contributed by atoms with Gasteiger partial charge in [-0.05, 0) is 33.2 Å². The number of nitrogens with two attached hydrogens (primary N) is 1. The van der Waals surface area contributed by atoms with Crippen LogP contribution >= 0.6 is 0 Å². The summed E-state index contributed by atoms with van der Waals surface area (Å²) >= 11 is 0. The van der Waals surface area contributed by atoms with Crippen LogP contribution in [0.2, 0.25) is 0 Å². The van der Waals surface area contributed by atoms with Crippen LogP contribution in [0, 0.1) is 0 Å². The van der Waals surface area contributed by atoms with Gasteiger partial charge in [-0.1, -0.05) is 0 Å². The lowest BCUT2D eigenvalue weighted by Crippen LogP contribution is -2.46. The zero-order valence-electron chi connectivity index (χ0n) is 9.73. The maximum Gasteiger partial charge on any atom is 0.323 e. The summed E-state index contributed by atoms with van der Waals surface area (Å²) in [6.45, 7) is 3.93. The van der Waals surface area contributed by atoms with Crippen molar-refractivity contribution in [3.05, 3.63) is 0 Å². The Labute approximate surface area is 95.1 Å². The van der Waals surface area contributed by atoms with E-state index in [0.717, 1.165) is 0 Å². The molecule has 0 fully saturated rings. The van der Waals surface area contributed by atoms with E-state index in [2.05, 4.69) is 5.32 Å². The lowest BCUT2D eigenvalue weighted by atomic mass is 10.1. The van der Waals surface area contributed by atoms with Gasteiger partial charge in [0.15, 0.2) is 0 Å². The highest BCUT2D eigenvalue weighted by atomic mass is 16.5. The second kappa shape index (κ2) is 8.06. The van der Waals surface area contributed by atoms with Crippen LogP contribution in [0.25, 0.3) is 0 Å². The van der Waals surface area contributed by atoms with Gasteiger partial charge in [0.25, 0.3) is 0 Å². The van der Waals surface area contributed by atoms with Gasteiger partial charge in [-0.3, -0.25) is 14.9 Å². The predicted molar refractivity (Wildman–Crippen MR) is 58.9 cm³/mol. The molecule has 4 N–H and O–H groups in total. The summed E-state index contributed by atoms with van der Waals surface area (Å²) in [6, 6.07) is -1.39. The van der Waals surface area contributed by atoms with Gasteiger partial charge in [-0.15, -0.1) is 0 Å². The predicted octanol–water partition coefficient (Wildman–Crippen LogP) is -0.280. The smallest absolute Gasteiger partial charge is 0.323 e. The maximum atomic E-state index is 11.5. The molecular formula is C10H20N2O4. The number of hydrogen-bond acceptors (Lipinski definition) is 5. The summed E-state index contributed by atoms with van der Waals surface area (Å²) in [7, 11) is 0. The Kier molecular flexibility index (Phi) is 7.49. The maximum absolute atomic E-state index is 11.5. The van der Waals surface area contributed by atoms with E-state index < -0.39 is 24.0 Å². The van der Waals surface area contributed by atoms with Crippen LogP contribution in [0.1, 0.15) is 26.7 Å². The molecule has 0 heterocycles. The van der Waals surface area contributed by atoms with Crippen molar-refractivity contribution in [3.8, 4) is 0 Å². The molecule has 0 unspecified atom stereocenters. The van der Waals surface area contributed by atoms with Gasteiger partial charge in [0.05, 0.1) is 6.61 Å². The first-order chi connectivity index (χ1) is 7.52. The molecular weight excluding hydrogens is 212 g/mol. The third kappa shape index (κ3) is 5.67. The fourth-order valence-electron chi connectivity index (χ4n) is 1.21. The van der Waals surface area contributed by atoms with E-state index in [9.17, 15) is 9.59 Å². The Morgan fingerprint density at radius 2 is 2.12 bits per heavy atom. The van der Waals surface area contributed by atoms with E-state index in [1.165, 1.54) is 6.92 Å². The number of nitrogens with one attached hydrogen (secondary N) is 1. The van der Waals surface area contributed by atoms with Gasteiger partial charge in [-0.25, -0.2) is 0 Å².